The van der Waals surface area contributed by atoms with E-state index in [1.54, 1.807) is 0 Å². The molecule has 0 spiro atoms. The van der Waals surface area contributed by atoms with Crippen molar-refractivity contribution in [1.82, 2.24) is 0 Å². The van der Waals surface area contributed by atoms with Crippen molar-refractivity contribution in [3.05, 3.63) is 13.2 Å². The molecule has 0 aliphatic heterocycles. The smallest absolute Gasteiger partial charge is 0.302 e. The topological polar surface area (TPSA) is 26.3 Å². The lowest BCUT2D eigenvalue weighted by molar-refractivity contribution is -0.141. The molecule has 0 rings (SSSR count). The van der Waals surface area contributed by atoms with Gasteiger partial charge in [0.1, 0.15) is 0 Å². The fraction of sp³-hybridized carbons (Fsp3) is 0.667. The number of carbonyl (C=O) groups excluding carboxylic acids is 1. The van der Waals surface area contributed by atoms with Crippen LogP contribution < -0.4 is 0 Å². The van der Waals surface area contributed by atoms with E-state index in [0.29, 0.717) is 6.61 Å². The molecule has 0 radical (unpaired) electrons. The van der Waals surface area contributed by atoms with Gasteiger partial charge >= 0.3 is 5.97 Å². The van der Waals surface area contributed by atoms with E-state index in [1.165, 1.54) is 13.3 Å². The fourth-order valence-corrected chi connectivity index (χ4v) is 0.568. The number of rotatable bonds is 4. The lowest BCUT2D eigenvalue weighted by Gasteiger charge is -1.98. The van der Waals surface area contributed by atoms with Crippen LogP contribution in [0.25, 0.3) is 0 Å². The summed E-state index contributed by atoms with van der Waals surface area (Å²) in [6.45, 7) is 10.1. The van der Waals surface area contributed by atoms with Gasteiger partial charge in [-0.25, -0.2) is 0 Å². The van der Waals surface area contributed by atoms with Crippen LogP contribution >= 0.6 is 0 Å². The zero-order chi connectivity index (χ0) is 9.11. The molecule has 0 aliphatic rings. The van der Waals surface area contributed by atoms with Crippen LogP contribution in [0.5, 0.6) is 0 Å². The first-order valence-corrected chi connectivity index (χ1v) is 3.90. The summed E-state index contributed by atoms with van der Waals surface area (Å²) in [4.78, 5) is 10.2. The SMILES string of the molecule is C=C.CCCCCOC(C)=O. The molecule has 0 amide bonds. The summed E-state index contributed by atoms with van der Waals surface area (Å²) < 4.78 is 4.70. The Balaban J connectivity index is 0. The third-order valence-corrected chi connectivity index (χ3v) is 1.05. The molecule has 0 bridgehead atoms. The average Bonchev–Trinajstić information content (AvgIpc) is 2.02. The van der Waals surface area contributed by atoms with Crippen LogP contribution in [0.2, 0.25) is 0 Å². The molecule has 0 atom stereocenters. The fourth-order valence-electron chi connectivity index (χ4n) is 0.568. The van der Waals surface area contributed by atoms with Gasteiger partial charge in [-0.15, -0.1) is 13.2 Å². The summed E-state index contributed by atoms with van der Waals surface area (Å²) in [6, 6.07) is 0. The largest absolute Gasteiger partial charge is 0.466 e. The minimum absolute atomic E-state index is 0.175. The predicted molar refractivity (Wildman–Crippen MR) is 47.4 cm³/mol. The maximum absolute atomic E-state index is 10.2. The van der Waals surface area contributed by atoms with Crippen LogP contribution in [0.1, 0.15) is 33.1 Å². The van der Waals surface area contributed by atoms with Crippen LogP contribution in [0.3, 0.4) is 0 Å². The van der Waals surface area contributed by atoms with E-state index < -0.39 is 0 Å². The molecule has 0 fully saturated rings. The van der Waals surface area contributed by atoms with Gasteiger partial charge in [0.25, 0.3) is 0 Å². The molecule has 0 N–H and O–H groups in total. The third kappa shape index (κ3) is 17.6. The van der Waals surface area contributed by atoms with Crippen molar-refractivity contribution in [3.63, 3.8) is 0 Å². The number of carbonyl (C=O) groups is 1. The maximum atomic E-state index is 10.2. The zero-order valence-corrected chi connectivity index (χ0v) is 7.56. The molecule has 0 saturated heterocycles. The minimum atomic E-state index is -0.175. The normalized spacial score (nSPS) is 7.82. The highest BCUT2D eigenvalue weighted by molar-refractivity contribution is 5.65. The lowest BCUT2D eigenvalue weighted by atomic mass is 10.3. The number of hydrogen-bond donors (Lipinski definition) is 0. The van der Waals surface area contributed by atoms with Crippen molar-refractivity contribution in [2.45, 2.75) is 33.1 Å². The minimum Gasteiger partial charge on any atom is -0.466 e. The third-order valence-electron chi connectivity index (χ3n) is 1.05. The number of unbranched alkanes of at least 4 members (excludes halogenated alkanes) is 2. The first-order valence-electron chi connectivity index (χ1n) is 3.90. The molecule has 2 nitrogen and oxygen atoms in total. The molecular formula is C9H18O2. The van der Waals surface area contributed by atoms with Gasteiger partial charge in [-0.05, 0) is 6.42 Å². The zero-order valence-electron chi connectivity index (χ0n) is 7.56. The van der Waals surface area contributed by atoms with E-state index in [2.05, 4.69) is 20.1 Å². The van der Waals surface area contributed by atoms with Gasteiger partial charge in [-0.1, -0.05) is 19.8 Å². The van der Waals surface area contributed by atoms with Crippen LogP contribution in [-0.2, 0) is 9.53 Å². The summed E-state index contributed by atoms with van der Waals surface area (Å²) in [7, 11) is 0. The molecule has 0 aliphatic carbocycles. The maximum Gasteiger partial charge on any atom is 0.302 e. The van der Waals surface area contributed by atoms with Gasteiger partial charge in [0.2, 0.25) is 0 Å². The molecule has 0 aromatic rings. The van der Waals surface area contributed by atoms with Gasteiger partial charge < -0.3 is 4.74 Å². The Kier molecular flexibility index (Phi) is 13.9. The van der Waals surface area contributed by atoms with Crippen molar-refractivity contribution >= 4 is 5.97 Å². The van der Waals surface area contributed by atoms with Crippen molar-refractivity contribution < 1.29 is 9.53 Å². The second-order valence-electron chi connectivity index (χ2n) is 2.05. The molecule has 2 heteroatoms. The lowest BCUT2D eigenvalue weighted by Crippen LogP contribution is -1.99. The van der Waals surface area contributed by atoms with E-state index in [9.17, 15) is 4.79 Å². The first-order chi connectivity index (χ1) is 5.27. The molecule has 0 aromatic carbocycles. The monoisotopic (exact) mass is 158 g/mol. The van der Waals surface area contributed by atoms with Crippen molar-refractivity contribution in [2.24, 2.45) is 0 Å². The van der Waals surface area contributed by atoms with Crippen LogP contribution in [0.4, 0.5) is 0 Å². The molecule has 0 unspecified atom stereocenters. The van der Waals surface area contributed by atoms with Gasteiger partial charge in [-0.3, -0.25) is 4.79 Å². The Hall–Kier alpha value is -0.790. The average molecular weight is 158 g/mol. The van der Waals surface area contributed by atoms with Gasteiger partial charge in [0.05, 0.1) is 6.61 Å². The van der Waals surface area contributed by atoms with E-state index in [0.717, 1.165) is 12.8 Å². The van der Waals surface area contributed by atoms with E-state index in [4.69, 9.17) is 4.74 Å². The predicted octanol–water partition coefficient (Wildman–Crippen LogP) is 2.54. The van der Waals surface area contributed by atoms with Crippen molar-refractivity contribution in [1.29, 1.82) is 0 Å². The molecule has 0 aromatic heterocycles. The van der Waals surface area contributed by atoms with E-state index >= 15 is 0 Å². The Morgan fingerprint density at radius 2 is 1.91 bits per heavy atom. The Labute approximate surface area is 69.3 Å². The number of ether oxygens (including phenoxy) is 1. The second-order valence-corrected chi connectivity index (χ2v) is 2.05. The first kappa shape index (κ1) is 12.8. The Morgan fingerprint density at radius 1 is 1.36 bits per heavy atom. The highest BCUT2D eigenvalue weighted by Gasteiger charge is 1.89. The summed E-state index contributed by atoms with van der Waals surface area (Å²) >= 11 is 0. The van der Waals surface area contributed by atoms with Crippen molar-refractivity contribution in [2.75, 3.05) is 6.61 Å². The molecular weight excluding hydrogens is 140 g/mol. The number of hydrogen-bond acceptors (Lipinski definition) is 2. The molecule has 0 saturated carbocycles. The second kappa shape index (κ2) is 11.9. The van der Waals surface area contributed by atoms with E-state index in [-0.39, 0.29) is 5.97 Å². The Bertz CT molecular complexity index is 89.6. The van der Waals surface area contributed by atoms with E-state index in [1.807, 2.05) is 0 Å². The van der Waals surface area contributed by atoms with Gasteiger partial charge in [0.15, 0.2) is 0 Å². The quantitative estimate of drug-likeness (QED) is 0.357. The molecule has 0 heterocycles. The summed E-state index contributed by atoms with van der Waals surface area (Å²) in [5, 5.41) is 0. The molecule has 11 heavy (non-hydrogen) atoms. The molecule has 66 valence electrons. The standard InChI is InChI=1S/C7H14O2.C2H4/c1-3-4-5-6-9-7(2)8;1-2/h3-6H2,1-2H3;1-2H2. The van der Waals surface area contributed by atoms with Crippen molar-refractivity contribution in [3.8, 4) is 0 Å². The summed E-state index contributed by atoms with van der Waals surface area (Å²) in [5.74, 6) is -0.175. The number of esters is 1. The van der Waals surface area contributed by atoms with Crippen LogP contribution in [0, 0.1) is 0 Å². The Morgan fingerprint density at radius 3 is 2.27 bits per heavy atom. The van der Waals surface area contributed by atoms with Crippen LogP contribution in [-0.4, -0.2) is 12.6 Å². The highest BCUT2D eigenvalue weighted by Crippen LogP contribution is 1.93. The van der Waals surface area contributed by atoms with Crippen LogP contribution in [0.15, 0.2) is 13.2 Å². The van der Waals surface area contributed by atoms with Gasteiger partial charge in [0, 0.05) is 6.92 Å². The summed E-state index contributed by atoms with van der Waals surface area (Å²) in [6.07, 6.45) is 3.31. The van der Waals surface area contributed by atoms with Gasteiger partial charge in [-0.2, -0.15) is 0 Å². The highest BCUT2D eigenvalue weighted by atomic mass is 16.5. The summed E-state index contributed by atoms with van der Waals surface area (Å²) in [5.41, 5.74) is 0.